The smallest absolute Gasteiger partial charge is 0.244 e. The Hall–Kier alpha value is -2.74. The van der Waals surface area contributed by atoms with Crippen molar-refractivity contribution in [2.45, 2.75) is 6.04 Å². The zero-order valence-corrected chi connectivity index (χ0v) is 18.2. The summed E-state index contributed by atoms with van der Waals surface area (Å²) in [7, 11) is 0. The molecule has 2 saturated heterocycles. The van der Waals surface area contributed by atoms with E-state index in [0.717, 1.165) is 50.5 Å². The van der Waals surface area contributed by atoms with E-state index >= 15 is 0 Å². The number of nitrogens with one attached hydrogen (secondary N) is 1. The van der Waals surface area contributed by atoms with Crippen molar-refractivity contribution in [3.63, 3.8) is 0 Å². The van der Waals surface area contributed by atoms with Crippen LogP contribution in [-0.2, 0) is 14.3 Å². The molecule has 0 aromatic heterocycles. The molecule has 2 aromatic carbocycles. The second-order valence-corrected chi connectivity index (χ2v) is 7.99. The van der Waals surface area contributed by atoms with Crippen molar-refractivity contribution in [1.29, 1.82) is 0 Å². The van der Waals surface area contributed by atoms with Gasteiger partial charge in [0.15, 0.2) is 0 Å². The van der Waals surface area contributed by atoms with E-state index in [-0.39, 0.29) is 17.8 Å². The van der Waals surface area contributed by atoms with E-state index in [1.807, 2.05) is 24.3 Å². The van der Waals surface area contributed by atoms with E-state index in [0.29, 0.717) is 19.8 Å². The maximum atomic E-state index is 13.8. The van der Waals surface area contributed by atoms with Gasteiger partial charge in [0.1, 0.15) is 5.82 Å². The predicted octanol–water partition coefficient (Wildman–Crippen LogP) is 2.87. The van der Waals surface area contributed by atoms with Gasteiger partial charge < -0.3 is 19.7 Å². The number of carbonyl (C=O) groups is 1. The Morgan fingerprint density at radius 2 is 1.69 bits per heavy atom. The molecule has 170 valence electrons. The largest absolute Gasteiger partial charge is 0.379 e. The zero-order chi connectivity index (χ0) is 22.2. The second kappa shape index (κ2) is 11.2. The van der Waals surface area contributed by atoms with Crippen LogP contribution in [0.4, 0.5) is 10.1 Å². The molecule has 2 aliphatic rings. The molecule has 0 aliphatic carbocycles. The summed E-state index contributed by atoms with van der Waals surface area (Å²) in [4.78, 5) is 17.0. The van der Waals surface area contributed by atoms with Crippen LogP contribution in [0.25, 0.3) is 6.08 Å². The first-order chi connectivity index (χ1) is 15.7. The first kappa shape index (κ1) is 22.5. The molecular weight excluding hydrogens is 409 g/mol. The van der Waals surface area contributed by atoms with Gasteiger partial charge in [-0.15, -0.1) is 0 Å². The van der Waals surface area contributed by atoms with Crippen LogP contribution in [0, 0.1) is 5.82 Å². The average molecular weight is 440 g/mol. The minimum absolute atomic E-state index is 0.0974. The van der Waals surface area contributed by atoms with Gasteiger partial charge in [-0.1, -0.05) is 24.3 Å². The molecule has 2 heterocycles. The Morgan fingerprint density at radius 1 is 1.00 bits per heavy atom. The Morgan fingerprint density at radius 3 is 2.38 bits per heavy atom. The number of amides is 1. The number of anilines is 1. The third kappa shape index (κ3) is 6.16. The highest BCUT2D eigenvalue weighted by Crippen LogP contribution is 2.22. The molecule has 0 radical (unpaired) electrons. The number of ether oxygens (including phenoxy) is 2. The minimum atomic E-state index is -0.271. The number of carbonyl (C=O) groups excluding carboxylic acids is 1. The summed E-state index contributed by atoms with van der Waals surface area (Å²) in [6.07, 6.45) is 3.36. The maximum Gasteiger partial charge on any atom is 0.244 e. The van der Waals surface area contributed by atoms with E-state index in [9.17, 15) is 9.18 Å². The number of hydrogen-bond acceptors (Lipinski definition) is 5. The van der Waals surface area contributed by atoms with E-state index < -0.39 is 0 Å². The lowest BCUT2D eigenvalue weighted by molar-refractivity contribution is -0.116. The van der Waals surface area contributed by atoms with Gasteiger partial charge in [-0.2, -0.15) is 0 Å². The van der Waals surface area contributed by atoms with Gasteiger partial charge in [0, 0.05) is 44.5 Å². The molecule has 0 bridgehead atoms. The van der Waals surface area contributed by atoms with Crippen molar-refractivity contribution in [3.8, 4) is 0 Å². The molecule has 0 saturated carbocycles. The monoisotopic (exact) mass is 439 g/mol. The minimum Gasteiger partial charge on any atom is -0.379 e. The number of rotatable bonds is 7. The van der Waals surface area contributed by atoms with Crippen LogP contribution in [0.3, 0.4) is 0 Å². The molecule has 0 spiro atoms. The number of morpholine rings is 2. The summed E-state index contributed by atoms with van der Waals surface area (Å²) in [6.45, 7) is 6.49. The van der Waals surface area contributed by atoms with Gasteiger partial charge in [0.25, 0.3) is 0 Å². The van der Waals surface area contributed by atoms with Crippen LogP contribution < -0.4 is 10.2 Å². The SMILES string of the molecule is O=C(C=Cc1ccc(N2CCOCC2)cc1)NCC(c1cccc(F)c1)N1CCOCC1. The average Bonchev–Trinajstić information content (AvgIpc) is 2.84. The standard InChI is InChI=1S/C25H30FN3O3/c26-22-3-1-2-21(18-22)24(29-12-16-32-17-13-29)19-27-25(30)9-6-20-4-7-23(8-5-20)28-10-14-31-15-11-28/h1-9,18,24H,10-17,19H2,(H,27,30). The number of nitrogens with zero attached hydrogens (tertiary/aromatic N) is 2. The second-order valence-electron chi connectivity index (χ2n) is 7.99. The molecule has 1 amide bonds. The fourth-order valence-electron chi connectivity index (χ4n) is 4.11. The van der Waals surface area contributed by atoms with E-state index in [1.165, 1.54) is 17.8 Å². The number of halogens is 1. The Labute approximate surface area is 188 Å². The van der Waals surface area contributed by atoms with Crippen molar-refractivity contribution >= 4 is 17.7 Å². The lowest BCUT2D eigenvalue weighted by Gasteiger charge is -2.34. The summed E-state index contributed by atoms with van der Waals surface area (Å²) in [5.41, 5.74) is 2.99. The summed E-state index contributed by atoms with van der Waals surface area (Å²) in [5.74, 6) is -0.440. The fraction of sp³-hybridized carbons (Fsp3) is 0.400. The van der Waals surface area contributed by atoms with Gasteiger partial charge in [-0.05, 0) is 41.5 Å². The Balaban J connectivity index is 1.34. The molecule has 7 heteroatoms. The van der Waals surface area contributed by atoms with Crippen LogP contribution in [0.5, 0.6) is 0 Å². The molecule has 4 rings (SSSR count). The molecule has 1 unspecified atom stereocenters. The number of benzene rings is 2. The van der Waals surface area contributed by atoms with Crippen LogP contribution >= 0.6 is 0 Å². The van der Waals surface area contributed by atoms with Crippen molar-refractivity contribution in [3.05, 3.63) is 71.6 Å². The van der Waals surface area contributed by atoms with Gasteiger partial charge >= 0.3 is 0 Å². The van der Waals surface area contributed by atoms with Crippen LogP contribution in [0.1, 0.15) is 17.2 Å². The fourth-order valence-corrected chi connectivity index (χ4v) is 4.11. The molecule has 32 heavy (non-hydrogen) atoms. The quantitative estimate of drug-likeness (QED) is 0.673. The van der Waals surface area contributed by atoms with E-state index in [2.05, 4.69) is 27.2 Å². The summed E-state index contributed by atoms with van der Waals surface area (Å²) < 4.78 is 24.6. The molecule has 6 nitrogen and oxygen atoms in total. The zero-order valence-electron chi connectivity index (χ0n) is 18.2. The van der Waals surface area contributed by atoms with Gasteiger partial charge in [-0.25, -0.2) is 4.39 Å². The highest BCUT2D eigenvalue weighted by atomic mass is 19.1. The summed E-state index contributed by atoms with van der Waals surface area (Å²) in [6, 6.07) is 14.7. The first-order valence-electron chi connectivity index (χ1n) is 11.1. The van der Waals surface area contributed by atoms with Gasteiger partial charge in [0.05, 0.1) is 32.5 Å². The van der Waals surface area contributed by atoms with Crippen molar-refractivity contribution < 1.29 is 18.7 Å². The maximum absolute atomic E-state index is 13.8. The molecule has 2 aliphatic heterocycles. The van der Waals surface area contributed by atoms with Crippen molar-refractivity contribution in [1.82, 2.24) is 10.2 Å². The van der Waals surface area contributed by atoms with Crippen LogP contribution in [0.2, 0.25) is 0 Å². The van der Waals surface area contributed by atoms with Crippen molar-refractivity contribution in [2.75, 3.05) is 64.1 Å². The lowest BCUT2D eigenvalue weighted by Crippen LogP contribution is -2.43. The Kier molecular flexibility index (Phi) is 7.87. The normalized spacial score (nSPS) is 18.6. The lowest BCUT2D eigenvalue weighted by atomic mass is 10.0. The highest BCUT2D eigenvalue weighted by Gasteiger charge is 2.23. The first-order valence-corrected chi connectivity index (χ1v) is 11.1. The third-order valence-electron chi connectivity index (χ3n) is 5.89. The predicted molar refractivity (Wildman–Crippen MR) is 123 cm³/mol. The summed E-state index contributed by atoms with van der Waals surface area (Å²) >= 11 is 0. The molecule has 2 fully saturated rings. The molecule has 2 aromatic rings. The molecular formula is C25H30FN3O3. The number of hydrogen-bond donors (Lipinski definition) is 1. The Bertz CT molecular complexity index is 907. The van der Waals surface area contributed by atoms with E-state index in [1.54, 1.807) is 12.1 Å². The third-order valence-corrected chi connectivity index (χ3v) is 5.89. The summed E-state index contributed by atoms with van der Waals surface area (Å²) in [5, 5.41) is 2.98. The topological polar surface area (TPSA) is 54.0 Å². The highest BCUT2D eigenvalue weighted by molar-refractivity contribution is 5.91. The molecule has 1 atom stereocenters. The van der Waals surface area contributed by atoms with Crippen molar-refractivity contribution in [2.24, 2.45) is 0 Å². The van der Waals surface area contributed by atoms with Crippen LogP contribution in [-0.4, -0.2) is 70.0 Å². The van der Waals surface area contributed by atoms with Gasteiger partial charge in [0.2, 0.25) is 5.91 Å². The van der Waals surface area contributed by atoms with Crippen LogP contribution in [0.15, 0.2) is 54.6 Å². The van der Waals surface area contributed by atoms with Gasteiger partial charge in [-0.3, -0.25) is 9.69 Å². The van der Waals surface area contributed by atoms with E-state index in [4.69, 9.17) is 9.47 Å². The molecule has 1 N–H and O–H groups in total.